The van der Waals surface area contributed by atoms with Gasteiger partial charge in [-0.3, -0.25) is 23.9 Å². The molecule has 0 aliphatic carbocycles. The van der Waals surface area contributed by atoms with Gasteiger partial charge in [-0.15, -0.1) is 0 Å². The fourth-order valence-electron chi connectivity index (χ4n) is 5.19. The van der Waals surface area contributed by atoms with Crippen LogP contribution in [0.1, 0.15) is 42.3 Å². The van der Waals surface area contributed by atoms with E-state index in [1.807, 2.05) is 54.6 Å². The van der Waals surface area contributed by atoms with E-state index in [1.54, 1.807) is 59.1 Å². The first kappa shape index (κ1) is 27.4. The highest BCUT2D eigenvalue weighted by atomic mass is 16.2. The lowest BCUT2D eigenvalue weighted by molar-refractivity contribution is -0.119. The molecule has 3 N–H and O–H groups in total. The first-order chi connectivity index (χ1) is 20.8. The lowest BCUT2D eigenvalue weighted by Gasteiger charge is -2.22. The third kappa shape index (κ3) is 5.45. The number of carbonyl (C=O) groups excluding carboxylic acids is 4. The largest absolute Gasteiger partial charge is 0.366 e. The standard InChI is InChI=1S/C33H28N6O4/c1-37-20-29(40)38(27-8-4-3-7-26(27)33(37)43)18-21-10-12-22(13-11-21)19-39-28-9-5-2-6-25(28)30(36-39)32(42)35-24-16-14-23(15-17-24)31(34)41/h2-17H,18-20H2,1H3,(H2,34,41)(H,35,42). The van der Waals surface area contributed by atoms with Crippen LogP contribution in [0.3, 0.4) is 0 Å². The van der Waals surface area contributed by atoms with Gasteiger partial charge in [0.2, 0.25) is 11.8 Å². The van der Waals surface area contributed by atoms with Gasteiger partial charge in [0.1, 0.15) is 6.54 Å². The van der Waals surface area contributed by atoms with E-state index in [9.17, 15) is 19.2 Å². The van der Waals surface area contributed by atoms with Crippen molar-refractivity contribution in [2.24, 2.45) is 5.73 Å². The van der Waals surface area contributed by atoms with Crippen molar-refractivity contribution in [1.29, 1.82) is 0 Å². The van der Waals surface area contributed by atoms with Crippen LogP contribution >= 0.6 is 0 Å². The molecule has 6 rings (SSSR count). The van der Waals surface area contributed by atoms with Crippen LogP contribution in [0.5, 0.6) is 0 Å². The molecule has 10 nitrogen and oxygen atoms in total. The van der Waals surface area contributed by atoms with E-state index in [0.717, 1.165) is 16.6 Å². The predicted molar refractivity (Wildman–Crippen MR) is 163 cm³/mol. The number of hydrogen-bond donors (Lipinski definition) is 2. The molecule has 1 aliphatic heterocycles. The Labute approximate surface area is 247 Å². The maximum atomic E-state index is 13.2. The number of nitrogens with zero attached hydrogens (tertiary/aromatic N) is 4. The Kier molecular flexibility index (Phi) is 7.17. The maximum absolute atomic E-state index is 13.2. The number of benzene rings is 4. The second-order valence-corrected chi connectivity index (χ2v) is 10.4. The van der Waals surface area contributed by atoms with Gasteiger partial charge in [0.15, 0.2) is 5.69 Å². The van der Waals surface area contributed by atoms with Crippen molar-refractivity contribution >= 4 is 45.9 Å². The molecule has 0 radical (unpaired) electrons. The van der Waals surface area contributed by atoms with Gasteiger partial charge >= 0.3 is 0 Å². The Morgan fingerprint density at radius 3 is 2.21 bits per heavy atom. The molecule has 0 atom stereocenters. The third-order valence-electron chi connectivity index (χ3n) is 7.44. The van der Waals surface area contributed by atoms with Crippen LogP contribution in [0.15, 0.2) is 97.1 Å². The van der Waals surface area contributed by atoms with Crippen LogP contribution in [0, 0.1) is 0 Å². The molecule has 0 spiro atoms. The van der Waals surface area contributed by atoms with Crippen molar-refractivity contribution in [3.8, 4) is 0 Å². The van der Waals surface area contributed by atoms with Crippen molar-refractivity contribution in [3.63, 3.8) is 0 Å². The van der Waals surface area contributed by atoms with Crippen LogP contribution in [0.4, 0.5) is 11.4 Å². The summed E-state index contributed by atoms with van der Waals surface area (Å²) in [6.07, 6.45) is 0. The number of primary amides is 1. The Morgan fingerprint density at radius 2 is 1.49 bits per heavy atom. The zero-order valence-electron chi connectivity index (χ0n) is 23.4. The molecule has 0 saturated carbocycles. The van der Waals surface area contributed by atoms with E-state index in [2.05, 4.69) is 10.4 Å². The van der Waals surface area contributed by atoms with Gasteiger partial charge < -0.3 is 20.9 Å². The van der Waals surface area contributed by atoms with Crippen LogP contribution in [0.25, 0.3) is 10.9 Å². The van der Waals surface area contributed by atoms with E-state index in [1.165, 1.54) is 4.90 Å². The molecule has 1 aliphatic rings. The minimum Gasteiger partial charge on any atom is -0.366 e. The summed E-state index contributed by atoms with van der Waals surface area (Å²) in [6, 6.07) is 28.9. The summed E-state index contributed by atoms with van der Waals surface area (Å²) < 4.78 is 1.78. The molecule has 2 heterocycles. The van der Waals surface area contributed by atoms with Crippen LogP contribution in [0.2, 0.25) is 0 Å². The van der Waals surface area contributed by atoms with Crippen LogP contribution < -0.4 is 16.0 Å². The summed E-state index contributed by atoms with van der Waals surface area (Å²) in [5, 5.41) is 8.19. The number of anilines is 2. The quantitative estimate of drug-likeness (QED) is 0.304. The summed E-state index contributed by atoms with van der Waals surface area (Å²) in [7, 11) is 1.63. The highest BCUT2D eigenvalue weighted by Crippen LogP contribution is 2.27. The number of para-hydroxylation sites is 2. The molecular formula is C33H28N6O4. The molecule has 43 heavy (non-hydrogen) atoms. The summed E-state index contributed by atoms with van der Waals surface area (Å²) in [6.45, 7) is 0.755. The van der Waals surface area contributed by atoms with Crippen molar-refractivity contribution < 1.29 is 19.2 Å². The Hall–Kier alpha value is -5.77. The second kappa shape index (κ2) is 11.2. The number of rotatable bonds is 7. The normalized spacial score (nSPS) is 13.1. The fraction of sp³-hybridized carbons (Fsp3) is 0.121. The molecule has 214 valence electrons. The van der Waals surface area contributed by atoms with Gasteiger partial charge in [0.25, 0.3) is 11.8 Å². The number of carbonyl (C=O) groups is 4. The smallest absolute Gasteiger partial charge is 0.276 e. The Morgan fingerprint density at radius 1 is 0.837 bits per heavy atom. The Balaban J connectivity index is 1.21. The number of amides is 4. The minimum atomic E-state index is -0.541. The third-order valence-corrected chi connectivity index (χ3v) is 7.44. The number of fused-ring (bicyclic) bond motifs is 2. The molecule has 4 amide bonds. The van der Waals surface area contributed by atoms with E-state index in [0.29, 0.717) is 41.0 Å². The van der Waals surface area contributed by atoms with Crippen LogP contribution in [-0.4, -0.2) is 51.9 Å². The number of hydrogen-bond acceptors (Lipinski definition) is 5. The monoisotopic (exact) mass is 572 g/mol. The van der Waals surface area contributed by atoms with Crippen molar-refractivity contribution in [3.05, 3.63) is 125 Å². The molecule has 0 fully saturated rings. The second-order valence-electron chi connectivity index (χ2n) is 10.4. The van der Waals surface area contributed by atoms with E-state index >= 15 is 0 Å². The van der Waals surface area contributed by atoms with Gasteiger partial charge in [-0.05, 0) is 53.6 Å². The number of nitrogens with one attached hydrogen (secondary N) is 1. The van der Waals surface area contributed by atoms with E-state index in [-0.39, 0.29) is 30.0 Å². The average molecular weight is 573 g/mol. The van der Waals surface area contributed by atoms with Crippen molar-refractivity contribution in [2.45, 2.75) is 13.1 Å². The summed E-state index contributed by atoms with van der Waals surface area (Å²) in [4.78, 5) is 53.4. The van der Waals surface area contributed by atoms with Gasteiger partial charge in [-0.25, -0.2) is 0 Å². The fourth-order valence-corrected chi connectivity index (χ4v) is 5.19. The zero-order valence-corrected chi connectivity index (χ0v) is 23.4. The zero-order chi connectivity index (χ0) is 30.1. The molecule has 0 saturated heterocycles. The molecule has 4 aromatic carbocycles. The maximum Gasteiger partial charge on any atom is 0.276 e. The van der Waals surface area contributed by atoms with Gasteiger partial charge in [0.05, 0.1) is 29.9 Å². The number of likely N-dealkylation sites (N-methyl/N-ethyl adjacent to an activating group) is 1. The first-order valence-corrected chi connectivity index (χ1v) is 13.7. The van der Waals surface area contributed by atoms with Gasteiger partial charge in [-0.2, -0.15) is 5.10 Å². The molecule has 0 unspecified atom stereocenters. The SMILES string of the molecule is CN1CC(=O)N(Cc2ccc(Cn3nc(C(=O)Nc4ccc(C(N)=O)cc4)c4ccccc43)cc2)c2ccccc2C1=O. The summed E-state index contributed by atoms with van der Waals surface area (Å²) in [5.41, 5.74) is 10.2. The molecule has 0 bridgehead atoms. The first-order valence-electron chi connectivity index (χ1n) is 13.7. The summed E-state index contributed by atoms with van der Waals surface area (Å²) >= 11 is 0. The average Bonchev–Trinajstić information content (AvgIpc) is 3.35. The predicted octanol–water partition coefficient (Wildman–Crippen LogP) is 4.05. The van der Waals surface area contributed by atoms with Crippen molar-refractivity contribution in [1.82, 2.24) is 14.7 Å². The molecule has 5 aromatic rings. The molecule has 10 heteroatoms. The molecular weight excluding hydrogens is 544 g/mol. The van der Waals surface area contributed by atoms with Crippen LogP contribution in [-0.2, 0) is 17.9 Å². The lowest BCUT2D eigenvalue weighted by atomic mass is 10.1. The van der Waals surface area contributed by atoms with Crippen molar-refractivity contribution in [2.75, 3.05) is 23.8 Å². The van der Waals surface area contributed by atoms with Gasteiger partial charge in [0, 0.05) is 23.7 Å². The Bertz CT molecular complexity index is 1880. The highest BCUT2D eigenvalue weighted by molar-refractivity contribution is 6.11. The van der Waals surface area contributed by atoms with E-state index in [4.69, 9.17) is 5.73 Å². The number of aromatic nitrogens is 2. The highest BCUT2D eigenvalue weighted by Gasteiger charge is 2.29. The lowest BCUT2D eigenvalue weighted by Crippen LogP contribution is -2.37. The topological polar surface area (TPSA) is 131 Å². The van der Waals surface area contributed by atoms with E-state index < -0.39 is 5.91 Å². The van der Waals surface area contributed by atoms with Gasteiger partial charge in [-0.1, -0.05) is 54.6 Å². The summed E-state index contributed by atoms with van der Waals surface area (Å²) in [5.74, 6) is -1.24. The molecule has 1 aromatic heterocycles. The minimum absolute atomic E-state index is 0.00651. The number of nitrogens with two attached hydrogens (primary N) is 1.